The average Bonchev–Trinajstić information content (AvgIpc) is 3.16. The number of rotatable bonds is 8. The van der Waals surface area contributed by atoms with Crippen LogP contribution in [0, 0.1) is 13.8 Å². The number of anilines is 1. The van der Waals surface area contributed by atoms with Gasteiger partial charge >= 0.3 is 0 Å². The second-order valence-electron chi connectivity index (χ2n) is 6.28. The number of hydrogen-bond acceptors (Lipinski definition) is 7. The Morgan fingerprint density at radius 3 is 2.55 bits per heavy atom. The summed E-state index contributed by atoms with van der Waals surface area (Å²) in [6.45, 7) is 6.25. The van der Waals surface area contributed by atoms with Gasteiger partial charge in [0.25, 0.3) is 5.91 Å². The largest absolute Gasteiger partial charge is 0.493 e. The SMILES string of the molecule is CCOc1ccc(-c2nsc(NC(=O)COc3c(C)cccc3C)n2)cc1OC. The zero-order valence-electron chi connectivity index (χ0n) is 16.8. The van der Waals surface area contributed by atoms with Crippen LogP contribution >= 0.6 is 11.5 Å². The number of methoxy groups -OCH3 is 1. The van der Waals surface area contributed by atoms with Gasteiger partial charge in [0.05, 0.1) is 13.7 Å². The van der Waals surface area contributed by atoms with Crippen molar-refractivity contribution in [1.29, 1.82) is 0 Å². The van der Waals surface area contributed by atoms with Crippen molar-refractivity contribution in [3.8, 4) is 28.6 Å². The van der Waals surface area contributed by atoms with Crippen molar-refractivity contribution in [2.24, 2.45) is 0 Å². The van der Waals surface area contributed by atoms with E-state index in [1.807, 2.05) is 57.2 Å². The molecule has 0 atom stereocenters. The fourth-order valence-corrected chi connectivity index (χ4v) is 3.40. The Morgan fingerprint density at radius 2 is 1.86 bits per heavy atom. The van der Waals surface area contributed by atoms with Gasteiger partial charge in [-0.25, -0.2) is 0 Å². The Morgan fingerprint density at radius 1 is 1.10 bits per heavy atom. The lowest BCUT2D eigenvalue weighted by atomic mass is 10.1. The number of aromatic nitrogens is 2. The second kappa shape index (κ2) is 9.38. The molecular weight excluding hydrogens is 390 g/mol. The third-order valence-electron chi connectivity index (χ3n) is 4.15. The van der Waals surface area contributed by atoms with Crippen molar-refractivity contribution in [2.75, 3.05) is 25.6 Å². The number of nitrogens with zero attached hydrogens (tertiary/aromatic N) is 2. The summed E-state index contributed by atoms with van der Waals surface area (Å²) in [6.07, 6.45) is 0. The van der Waals surface area contributed by atoms with Crippen molar-refractivity contribution in [1.82, 2.24) is 9.36 Å². The molecule has 152 valence electrons. The second-order valence-corrected chi connectivity index (χ2v) is 7.03. The molecule has 0 saturated heterocycles. The fourth-order valence-electron chi connectivity index (χ4n) is 2.79. The summed E-state index contributed by atoms with van der Waals surface area (Å²) in [7, 11) is 1.58. The zero-order chi connectivity index (χ0) is 20.8. The number of carbonyl (C=O) groups is 1. The number of carbonyl (C=O) groups excluding carboxylic acids is 1. The van der Waals surface area contributed by atoms with Gasteiger partial charge in [0.15, 0.2) is 23.9 Å². The van der Waals surface area contributed by atoms with Crippen molar-refractivity contribution in [2.45, 2.75) is 20.8 Å². The molecule has 0 aliphatic rings. The number of hydrogen-bond donors (Lipinski definition) is 1. The van der Waals surface area contributed by atoms with Crippen LogP contribution in [0.2, 0.25) is 0 Å². The molecule has 0 bridgehead atoms. The smallest absolute Gasteiger partial charge is 0.264 e. The molecular formula is C21H23N3O4S. The predicted octanol–water partition coefficient (Wildman–Crippen LogP) is 4.25. The minimum Gasteiger partial charge on any atom is -0.493 e. The Bertz CT molecular complexity index is 983. The monoisotopic (exact) mass is 413 g/mol. The highest BCUT2D eigenvalue weighted by molar-refractivity contribution is 7.10. The first-order valence-electron chi connectivity index (χ1n) is 9.15. The quantitative estimate of drug-likeness (QED) is 0.595. The first-order chi connectivity index (χ1) is 14.0. The number of benzene rings is 2. The third kappa shape index (κ3) is 5.03. The van der Waals surface area contributed by atoms with Gasteiger partial charge < -0.3 is 14.2 Å². The lowest BCUT2D eigenvalue weighted by molar-refractivity contribution is -0.118. The highest BCUT2D eigenvalue weighted by atomic mass is 32.1. The van der Waals surface area contributed by atoms with Crippen LogP contribution in [0.25, 0.3) is 11.4 Å². The topological polar surface area (TPSA) is 82.6 Å². The summed E-state index contributed by atoms with van der Waals surface area (Å²) in [5, 5.41) is 3.13. The molecule has 3 rings (SSSR count). The van der Waals surface area contributed by atoms with E-state index in [0.29, 0.717) is 29.1 Å². The van der Waals surface area contributed by atoms with Crippen LogP contribution < -0.4 is 19.5 Å². The van der Waals surface area contributed by atoms with Crippen molar-refractivity contribution >= 4 is 22.6 Å². The van der Waals surface area contributed by atoms with Crippen molar-refractivity contribution in [3.05, 3.63) is 47.5 Å². The van der Waals surface area contributed by atoms with Crippen LogP contribution in [-0.2, 0) is 4.79 Å². The first kappa shape index (κ1) is 20.6. The van der Waals surface area contributed by atoms with E-state index in [9.17, 15) is 4.79 Å². The molecule has 2 aromatic carbocycles. The molecule has 0 radical (unpaired) electrons. The maximum Gasteiger partial charge on any atom is 0.264 e. The van der Waals surface area contributed by atoms with E-state index in [1.165, 1.54) is 0 Å². The number of amides is 1. The Hall–Kier alpha value is -3.13. The Balaban J connectivity index is 1.65. The molecule has 1 amide bonds. The van der Waals surface area contributed by atoms with Gasteiger partial charge in [-0.1, -0.05) is 18.2 Å². The third-order valence-corrected chi connectivity index (χ3v) is 4.78. The molecule has 0 unspecified atom stereocenters. The van der Waals surface area contributed by atoms with Gasteiger partial charge in [0.2, 0.25) is 5.13 Å². The Labute approximate surface area is 173 Å². The van der Waals surface area contributed by atoms with Gasteiger partial charge in [-0.15, -0.1) is 0 Å². The van der Waals surface area contributed by atoms with Gasteiger partial charge in [-0.05, 0) is 50.1 Å². The van der Waals surface area contributed by atoms with Crippen LogP contribution in [0.15, 0.2) is 36.4 Å². The molecule has 0 fully saturated rings. The molecule has 7 nitrogen and oxygen atoms in total. The summed E-state index contributed by atoms with van der Waals surface area (Å²) in [5.74, 6) is 2.20. The average molecular weight is 413 g/mol. The van der Waals surface area contributed by atoms with E-state index < -0.39 is 0 Å². The Kier molecular flexibility index (Phi) is 6.66. The number of para-hydroxylation sites is 1. The maximum atomic E-state index is 12.2. The van der Waals surface area contributed by atoms with Crippen molar-refractivity contribution in [3.63, 3.8) is 0 Å². The number of nitrogens with one attached hydrogen (secondary N) is 1. The van der Waals surface area contributed by atoms with E-state index in [1.54, 1.807) is 7.11 Å². The van der Waals surface area contributed by atoms with Crippen LogP contribution in [0.5, 0.6) is 17.2 Å². The van der Waals surface area contributed by atoms with Gasteiger partial charge in [0, 0.05) is 17.1 Å². The van der Waals surface area contributed by atoms with Gasteiger partial charge in [-0.2, -0.15) is 9.36 Å². The number of aryl methyl sites for hydroxylation is 2. The lowest BCUT2D eigenvalue weighted by Crippen LogP contribution is -2.20. The summed E-state index contributed by atoms with van der Waals surface area (Å²) in [5.41, 5.74) is 2.75. The number of ether oxygens (including phenoxy) is 3. The minimum atomic E-state index is -0.292. The van der Waals surface area contributed by atoms with E-state index in [4.69, 9.17) is 14.2 Å². The molecule has 0 aliphatic heterocycles. The van der Waals surface area contributed by atoms with Crippen LogP contribution in [0.4, 0.5) is 5.13 Å². The highest BCUT2D eigenvalue weighted by Crippen LogP contribution is 2.32. The molecule has 1 heterocycles. The normalized spacial score (nSPS) is 10.5. The summed E-state index contributed by atoms with van der Waals surface area (Å²) in [4.78, 5) is 16.6. The van der Waals surface area contributed by atoms with E-state index >= 15 is 0 Å². The van der Waals surface area contributed by atoms with Gasteiger partial charge in [-0.3, -0.25) is 10.1 Å². The molecule has 1 aromatic heterocycles. The standard InChI is InChI=1S/C21H23N3O4S/c1-5-27-16-10-9-15(11-17(16)26-4)20-23-21(29-24-20)22-18(25)12-28-19-13(2)7-6-8-14(19)3/h6-11H,5,12H2,1-4H3,(H,22,23,24,25). The first-order valence-corrected chi connectivity index (χ1v) is 9.93. The summed E-state index contributed by atoms with van der Waals surface area (Å²) >= 11 is 1.11. The van der Waals surface area contributed by atoms with E-state index in [2.05, 4.69) is 14.7 Å². The van der Waals surface area contributed by atoms with E-state index in [-0.39, 0.29) is 12.5 Å². The molecule has 3 aromatic rings. The van der Waals surface area contributed by atoms with Crippen LogP contribution in [0.1, 0.15) is 18.1 Å². The molecule has 0 saturated carbocycles. The van der Waals surface area contributed by atoms with Crippen LogP contribution in [0.3, 0.4) is 0 Å². The lowest BCUT2D eigenvalue weighted by Gasteiger charge is -2.11. The highest BCUT2D eigenvalue weighted by Gasteiger charge is 2.13. The molecule has 8 heteroatoms. The van der Waals surface area contributed by atoms with Crippen LogP contribution in [-0.4, -0.2) is 35.6 Å². The summed E-state index contributed by atoms with van der Waals surface area (Å²) < 4.78 is 20.9. The van der Waals surface area contributed by atoms with Crippen molar-refractivity contribution < 1.29 is 19.0 Å². The minimum absolute atomic E-state index is 0.0997. The maximum absolute atomic E-state index is 12.2. The molecule has 1 N–H and O–H groups in total. The molecule has 0 spiro atoms. The molecule has 29 heavy (non-hydrogen) atoms. The van der Waals surface area contributed by atoms with Gasteiger partial charge in [0.1, 0.15) is 5.75 Å². The summed E-state index contributed by atoms with van der Waals surface area (Å²) in [6, 6.07) is 11.3. The zero-order valence-corrected chi connectivity index (χ0v) is 17.6. The molecule has 0 aliphatic carbocycles. The fraction of sp³-hybridized carbons (Fsp3) is 0.286. The predicted molar refractivity (Wildman–Crippen MR) is 113 cm³/mol. The van der Waals surface area contributed by atoms with E-state index in [0.717, 1.165) is 34.0 Å².